The third-order valence-corrected chi connectivity index (χ3v) is 3.79. The molecule has 0 aliphatic carbocycles. The van der Waals surface area contributed by atoms with Gasteiger partial charge in [0.05, 0.1) is 10.7 Å². The maximum Gasteiger partial charge on any atom is 0.148 e. The third kappa shape index (κ3) is 2.94. The largest absolute Gasteiger partial charge is 0.366 e. The number of aromatic nitrogens is 2. The quantitative estimate of drug-likeness (QED) is 0.815. The van der Waals surface area contributed by atoms with Crippen molar-refractivity contribution in [1.82, 2.24) is 15.5 Å². The smallest absolute Gasteiger partial charge is 0.148 e. The molecule has 1 aromatic carbocycles. The number of nitrogens with one attached hydrogen (secondary N) is 3. The van der Waals surface area contributed by atoms with Crippen LogP contribution < -0.4 is 10.6 Å². The van der Waals surface area contributed by atoms with Crippen molar-refractivity contribution in [2.24, 2.45) is 0 Å². The first-order chi connectivity index (χ1) is 9.72. The number of benzene rings is 1. The molecule has 2 aromatic rings. The molecule has 0 radical (unpaired) electrons. The first-order valence-corrected chi connectivity index (χ1v) is 7.08. The Hall–Kier alpha value is -1.59. The van der Waals surface area contributed by atoms with E-state index in [-0.39, 0.29) is 5.02 Å². The zero-order valence-electron chi connectivity index (χ0n) is 10.9. The minimum atomic E-state index is -0.414. The van der Waals surface area contributed by atoms with Gasteiger partial charge in [-0.1, -0.05) is 11.6 Å². The standard InChI is InChI=1S/C14H16ClFN4/c15-11-7-9(1-2-12(11)16)13-8-14(20-19-13)18-10-3-5-17-6-4-10/h1-2,7-8,10,17H,3-6H2,(H2,18,19,20). The Morgan fingerprint density at radius 1 is 1.25 bits per heavy atom. The van der Waals surface area contributed by atoms with Crippen molar-refractivity contribution in [2.75, 3.05) is 18.4 Å². The lowest BCUT2D eigenvalue weighted by atomic mass is 10.1. The van der Waals surface area contributed by atoms with Gasteiger partial charge in [-0.25, -0.2) is 4.39 Å². The van der Waals surface area contributed by atoms with Crippen molar-refractivity contribution in [3.63, 3.8) is 0 Å². The van der Waals surface area contributed by atoms with Gasteiger partial charge in [0.25, 0.3) is 0 Å². The average molecular weight is 295 g/mol. The normalized spacial score (nSPS) is 16.3. The minimum Gasteiger partial charge on any atom is -0.366 e. The SMILES string of the molecule is Fc1ccc(-c2cc(NC3CCNCC3)n[nH]2)cc1Cl. The fourth-order valence-corrected chi connectivity index (χ4v) is 2.56. The van der Waals surface area contributed by atoms with E-state index in [9.17, 15) is 4.39 Å². The highest BCUT2D eigenvalue weighted by Crippen LogP contribution is 2.25. The van der Waals surface area contributed by atoms with E-state index in [4.69, 9.17) is 11.6 Å². The Kier molecular flexibility index (Phi) is 3.89. The van der Waals surface area contributed by atoms with E-state index < -0.39 is 5.82 Å². The second-order valence-electron chi connectivity index (χ2n) is 4.96. The molecule has 2 heterocycles. The van der Waals surface area contributed by atoms with Crippen LogP contribution in [0.5, 0.6) is 0 Å². The molecule has 1 saturated heterocycles. The molecule has 0 atom stereocenters. The number of nitrogens with zero attached hydrogens (tertiary/aromatic N) is 1. The molecule has 0 spiro atoms. The van der Waals surface area contributed by atoms with E-state index in [2.05, 4.69) is 20.8 Å². The summed E-state index contributed by atoms with van der Waals surface area (Å²) in [5.41, 5.74) is 1.64. The molecule has 1 fully saturated rings. The van der Waals surface area contributed by atoms with E-state index in [0.717, 1.165) is 43.0 Å². The van der Waals surface area contributed by atoms with Crippen LogP contribution in [0, 0.1) is 5.82 Å². The summed E-state index contributed by atoms with van der Waals surface area (Å²) in [6.07, 6.45) is 2.18. The predicted octanol–water partition coefficient (Wildman–Crippen LogP) is 3.03. The fourth-order valence-electron chi connectivity index (χ4n) is 2.38. The summed E-state index contributed by atoms with van der Waals surface area (Å²) < 4.78 is 13.2. The fraction of sp³-hybridized carbons (Fsp3) is 0.357. The zero-order valence-corrected chi connectivity index (χ0v) is 11.7. The average Bonchev–Trinajstić information content (AvgIpc) is 2.91. The molecular formula is C14H16ClFN4. The summed E-state index contributed by atoms with van der Waals surface area (Å²) >= 11 is 5.79. The van der Waals surface area contributed by atoms with Gasteiger partial charge < -0.3 is 10.6 Å². The van der Waals surface area contributed by atoms with Crippen LogP contribution in [0.4, 0.5) is 10.2 Å². The van der Waals surface area contributed by atoms with E-state index in [0.29, 0.717) is 6.04 Å². The molecule has 3 N–H and O–H groups in total. The van der Waals surface area contributed by atoms with Gasteiger partial charge in [-0.3, -0.25) is 5.10 Å². The highest BCUT2D eigenvalue weighted by atomic mass is 35.5. The van der Waals surface area contributed by atoms with E-state index >= 15 is 0 Å². The van der Waals surface area contributed by atoms with Crippen molar-refractivity contribution in [3.05, 3.63) is 35.1 Å². The summed E-state index contributed by atoms with van der Waals surface area (Å²) in [4.78, 5) is 0. The van der Waals surface area contributed by atoms with Crippen LogP contribution in [-0.2, 0) is 0 Å². The number of halogens is 2. The summed E-state index contributed by atoms with van der Waals surface area (Å²) in [6, 6.07) is 7.01. The van der Waals surface area contributed by atoms with Crippen LogP contribution >= 0.6 is 11.6 Å². The van der Waals surface area contributed by atoms with Gasteiger partial charge in [-0.2, -0.15) is 5.10 Å². The Balaban J connectivity index is 1.73. The van der Waals surface area contributed by atoms with Crippen LogP contribution in [0.25, 0.3) is 11.3 Å². The molecule has 4 nitrogen and oxygen atoms in total. The number of hydrogen-bond donors (Lipinski definition) is 3. The first kappa shape index (κ1) is 13.4. The third-order valence-electron chi connectivity index (χ3n) is 3.50. The molecule has 0 amide bonds. The first-order valence-electron chi connectivity index (χ1n) is 6.70. The highest BCUT2D eigenvalue weighted by molar-refractivity contribution is 6.31. The van der Waals surface area contributed by atoms with Gasteiger partial charge in [0.2, 0.25) is 0 Å². The topological polar surface area (TPSA) is 52.7 Å². The molecule has 0 bridgehead atoms. The van der Waals surface area contributed by atoms with E-state index in [1.807, 2.05) is 6.07 Å². The monoisotopic (exact) mass is 294 g/mol. The molecule has 0 unspecified atom stereocenters. The number of aromatic amines is 1. The van der Waals surface area contributed by atoms with Crippen molar-refractivity contribution < 1.29 is 4.39 Å². The Morgan fingerprint density at radius 2 is 2.05 bits per heavy atom. The Morgan fingerprint density at radius 3 is 2.80 bits per heavy atom. The number of anilines is 1. The van der Waals surface area contributed by atoms with Crippen LogP contribution in [0.1, 0.15) is 12.8 Å². The molecule has 1 aromatic heterocycles. The summed E-state index contributed by atoms with van der Waals surface area (Å²) in [6.45, 7) is 2.06. The molecule has 6 heteroatoms. The maximum absolute atomic E-state index is 13.2. The molecule has 3 rings (SSSR count). The van der Waals surface area contributed by atoms with Gasteiger partial charge in [0, 0.05) is 17.7 Å². The molecular weight excluding hydrogens is 279 g/mol. The number of piperidine rings is 1. The summed E-state index contributed by atoms with van der Waals surface area (Å²) in [7, 11) is 0. The lowest BCUT2D eigenvalue weighted by molar-refractivity contribution is 0.478. The van der Waals surface area contributed by atoms with Gasteiger partial charge >= 0.3 is 0 Å². The van der Waals surface area contributed by atoms with Gasteiger partial charge in [0.1, 0.15) is 11.6 Å². The lowest BCUT2D eigenvalue weighted by Gasteiger charge is -2.23. The molecule has 1 aliphatic heterocycles. The Bertz CT molecular complexity index is 593. The Labute approximate surface area is 121 Å². The summed E-state index contributed by atoms with van der Waals surface area (Å²) in [5, 5.41) is 14.0. The molecule has 106 valence electrons. The van der Waals surface area contributed by atoms with Gasteiger partial charge in [0.15, 0.2) is 0 Å². The summed E-state index contributed by atoms with van der Waals surface area (Å²) in [5.74, 6) is 0.398. The van der Waals surface area contributed by atoms with Crippen LogP contribution in [0.15, 0.2) is 24.3 Å². The van der Waals surface area contributed by atoms with Crippen molar-refractivity contribution >= 4 is 17.4 Å². The van der Waals surface area contributed by atoms with Crippen molar-refractivity contribution in [1.29, 1.82) is 0 Å². The molecule has 20 heavy (non-hydrogen) atoms. The van der Waals surface area contributed by atoms with Crippen molar-refractivity contribution in [2.45, 2.75) is 18.9 Å². The van der Waals surface area contributed by atoms with E-state index in [1.165, 1.54) is 6.07 Å². The predicted molar refractivity (Wildman–Crippen MR) is 78.5 cm³/mol. The number of rotatable bonds is 3. The maximum atomic E-state index is 13.2. The number of hydrogen-bond acceptors (Lipinski definition) is 3. The van der Waals surface area contributed by atoms with Gasteiger partial charge in [-0.15, -0.1) is 0 Å². The van der Waals surface area contributed by atoms with Crippen LogP contribution in [-0.4, -0.2) is 29.3 Å². The minimum absolute atomic E-state index is 0.116. The highest BCUT2D eigenvalue weighted by Gasteiger charge is 2.14. The van der Waals surface area contributed by atoms with E-state index in [1.54, 1.807) is 12.1 Å². The van der Waals surface area contributed by atoms with Crippen LogP contribution in [0.3, 0.4) is 0 Å². The molecule has 1 aliphatic rings. The van der Waals surface area contributed by atoms with Gasteiger partial charge in [-0.05, 0) is 44.1 Å². The molecule has 0 saturated carbocycles. The zero-order chi connectivity index (χ0) is 13.9. The lowest BCUT2D eigenvalue weighted by Crippen LogP contribution is -2.35. The van der Waals surface area contributed by atoms with Crippen molar-refractivity contribution in [3.8, 4) is 11.3 Å². The number of H-pyrrole nitrogens is 1. The second kappa shape index (κ2) is 5.81. The van der Waals surface area contributed by atoms with Crippen LogP contribution in [0.2, 0.25) is 5.02 Å². The second-order valence-corrected chi connectivity index (χ2v) is 5.37.